The van der Waals surface area contributed by atoms with Gasteiger partial charge in [0.25, 0.3) is 0 Å². The fraction of sp³-hybridized carbons (Fsp3) is 0.474. The molecule has 0 saturated heterocycles. The Kier molecular flexibility index (Phi) is 6.42. The molecule has 0 saturated carbocycles. The molecule has 0 fully saturated rings. The number of rotatable bonds is 6. The lowest BCUT2D eigenvalue weighted by Crippen LogP contribution is -2.23. The number of thiazole rings is 1. The molecule has 0 atom stereocenters. The molecule has 6 heteroatoms. The second kappa shape index (κ2) is 8.34. The normalized spacial score (nSPS) is 12.5. The summed E-state index contributed by atoms with van der Waals surface area (Å²) in [4.78, 5) is 9.05. The first-order chi connectivity index (χ1) is 11.7. The molecule has 0 unspecified atom stereocenters. The number of nitrogens with two attached hydrogens (primary N) is 1. The summed E-state index contributed by atoms with van der Waals surface area (Å²) in [6, 6.07) is 7.69. The molecule has 0 spiro atoms. The number of nitrogens with one attached hydrogen (secondary N) is 1. The minimum atomic E-state index is 0.0873. The predicted octanol–water partition coefficient (Wildman–Crippen LogP) is 4.20. The van der Waals surface area contributed by atoms with Crippen molar-refractivity contribution in [3.8, 4) is 5.75 Å². The topological polar surface area (TPSA) is 72.5 Å². The van der Waals surface area contributed by atoms with Crippen LogP contribution in [0.15, 0.2) is 34.6 Å². The molecule has 0 amide bonds. The van der Waals surface area contributed by atoms with Crippen LogP contribution in [0.4, 0.5) is 5.69 Å². The Morgan fingerprint density at radius 1 is 1.28 bits per heavy atom. The van der Waals surface area contributed by atoms with Crippen LogP contribution in [0.1, 0.15) is 45.3 Å². The molecule has 0 radical (unpaired) electrons. The van der Waals surface area contributed by atoms with Crippen LogP contribution in [0.25, 0.3) is 0 Å². The third-order valence-electron chi connectivity index (χ3n) is 3.43. The van der Waals surface area contributed by atoms with Gasteiger partial charge in [-0.15, -0.1) is 11.3 Å². The van der Waals surface area contributed by atoms with Crippen molar-refractivity contribution in [1.82, 2.24) is 4.98 Å². The van der Waals surface area contributed by atoms with E-state index in [-0.39, 0.29) is 11.5 Å². The summed E-state index contributed by atoms with van der Waals surface area (Å²) in [5.41, 5.74) is 8.06. The molecule has 2 aromatic rings. The van der Waals surface area contributed by atoms with Crippen molar-refractivity contribution < 1.29 is 4.74 Å². The van der Waals surface area contributed by atoms with E-state index in [2.05, 4.69) is 41.4 Å². The van der Waals surface area contributed by atoms with Crippen molar-refractivity contribution in [2.45, 2.75) is 52.6 Å². The number of aliphatic imine (C=N–C) groups is 1. The number of aromatic nitrogens is 1. The van der Waals surface area contributed by atoms with Crippen LogP contribution in [-0.2, 0) is 11.8 Å². The van der Waals surface area contributed by atoms with E-state index in [4.69, 9.17) is 10.5 Å². The number of benzene rings is 1. The van der Waals surface area contributed by atoms with Crippen molar-refractivity contribution in [3.05, 3.63) is 40.3 Å². The molecule has 5 nitrogen and oxygen atoms in total. The van der Waals surface area contributed by atoms with Gasteiger partial charge >= 0.3 is 0 Å². The molecular weight excluding hydrogens is 332 g/mol. The third-order valence-corrected chi connectivity index (χ3v) is 4.34. The van der Waals surface area contributed by atoms with E-state index in [0.717, 1.165) is 28.6 Å². The van der Waals surface area contributed by atoms with Crippen molar-refractivity contribution in [2.24, 2.45) is 10.7 Å². The summed E-state index contributed by atoms with van der Waals surface area (Å²) >= 11 is 1.68. The smallest absolute Gasteiger partial charge is 0.193 e. The lowest BCUT2D eigenvalue weighted by Gasteiger charge is -2.14. The Balaban J connectivity index is 1.84. The van der Waals surface area contributed by atoms with Gasteiger partial charge in [0.1, 0.15) is 5.75 Å². The molecule has 0 aliphatic rings. The maximum absolute atomic E-state index is 5.95. The van der Waals surface area contributed by atoms with Gasteiger partial charge < -0.3 is 15.8 Å². The lowest BCUT2D eigenvalue weighted by atomic mass is 9.93. The standard InChI is InChI=1S/C19H28N4OS/c1-13(2)24-15-8-6-14(7-9-15)22-18(20)21-11-10-17-23-16(12-25-17)19(3,4)5/h6-9,12-13H,10-11H2,1-5H3,(H3,20,21,22). The molecule has 0 aliphatic heterocycles. The van der Waals surface area contributed by atoms with E-state index in [0.29, 0.717) is 12.5 Å². The zero-order chi connectivity index (χ0) is 18.4. The van der Waals surface area contributed by atoms with Crippen LogP contribution >= 0.6 is 11.3 Å². The summed E-state index contributed by atoms with van der Waals surface area (Å²) in [6.45, 7) is 11.1. The van der Waals surface area contributed by atoms with Gasteiger partial charge in [-0.2, -0.15) is 0 Å². The number of nitrogens with zero attached hydrogens (tertiary/aromatic N) is 2. The van der Waals surface area contributed by atoms with E-state index in [1.54, 1.807) is 11.3 Å². The van der Waals surface area contributed by atoms with Gasteiger partial charge in [0.15, 0.2) is 5.96 Å². The van der Waals surface area contributed by atoms with Crippen LogP contribution in [0.5, 0.6) is 5.75 Å². The molecule has 0 bridgehead atoms. The Hall–Kier alpha value is -2.08. The molecule has 0 aliphatic carbocycles. The monoisotopic (exact) mass is 360 g/mol. The second-order valence-corrected chi connectivity index (χ2v) is 8.15. The summed E-state index contributed by atoms with van der Waals surface area (Å²) in [6.07, 6.45) is 0.958. The Bertz CT molecular complexity index is 699. The van der Waals surface area contributed by atoms with Crippen molar-refractivity contribution >= 4 is 23.0 Å². The largest absolute Gasteiger partial charge is 0.491 e. The highest BCUT2D eigenvalue weighted by Crippen LogP contribution is 2.24. The Morgan fingerprint density at radius 3 is 2.52 bits per heavy atom. The maximum atomic E-state index is 5.95. The summed E-state index contributed by atoms with van der Waals surface area (Å²) in [5.74, 6) is 1.25. The van der Waals surface area contributed by atoms with Gasteiger partial charge in [0.2, 0.25) is 0 Å². The first-order valence-electron chi connectivity index (χ1n) is 8.52. The summed E-state index contributed by atoms with van der Waals surface area (Å²) in [7, 11) is 0. The average Bonchev–Trinajstić information content (AvgIpc) is 2.98. The zero-order valence-electron chi connectivity index (χ0n) is 15.7. The molecular formula is C19H28N4OS. The maximum Gasteiger partial charge on any atom is 0.193 e. The number of hydrogen-bond acceptors (Lipinski definition) is 4. The fourth-order valence-electron chi connectivity index (χ4n) is 2.12. The molecule has 2 rings (SSSR count). The van der Waals surface area contributed by atoms with Crippen molar-refractivity contribution in [1.29, 1.82) is 0 Å². The van der Waals surface area contributed by atoms with Gasteiger partial charge in [-0.3, -0.25) is 4.99 Å². The van der Waals surface area contributed by atoms with E-state index >= 15 is 0 Å². The quantitative estimate of drug-likeness (QED) is 0.598. The predicted molar refractivity (Wildman–Crippen MR) is 107 cm³/mol. The van der Waals surface area contributed by atoms with Crippen LogP contribution in [0.3, 0.4) is 0 Å². The van der Waals surface area contributed by atoms with Crippen LogP contribution in [0, 0.1) is 0 Å². The number of guanidine groups is 1. The molecule has 1 heterocycles. The van der Waals surface area contributed by atoms with E-state index in [1.165, 1.54) is 0 Å². The van der Waals surface area contributed by atoms with Gasteiger partial charge in [-0.25, -0.2) is 4.98 Å². The number of hydrogen-bond donors (Lipinski definition) is 2. The number of ether oxygens (including phenoxy) is 1. The highest BCUT2D eigenvalue weighted by molar-refractivity contribution is 7.09. The van der Waals surface area contributed by atoms with E-state index in [1.807, 2.05) is 38.1 Å². The summed E-state index contributed by atoms with van der Waals surface area (Å²) < 4.78 is 5.62. The number of anilines is 1. The zero-order valence-corrected chi connectivity index (χ0v) is 16.5. The molecule has 3 N–H and O–H groups in total. The lowest BCUT2D eigenvalue weighted by molar-refractivity contribution is 0.242. The van der Waals surface area contributed by atoms with Crippen molar-refractivity contribution in [3.63, 3.8) is 0 Å². The molecule has 136 valence electrons. The van der Waals surface area contributed by atoms with E-state index in [9.17, 15) is 0 Å². The Morgan fingerprint density at radius 2 is 1.96 bits per heavy atom. The molecule has 1 aromatic carbocycles. The third kappa shape index (κ3) is 6.38. The van der Waals surface area contributed by atoms with Crippen LogP contribution in [-0.4, -0.2) is 23.6 Å². The molecule has 25 heavy (non-hydrogen) atoms. The SMILES string of the molecule is CC(C)Oc1ccc(NC(N)=NCCc2nc(C(C)(C)C)cs2)cc1. The van der Waals surface area contributed by atoms with E-state index < -0.39 is 0 Å². The second-order valence-electron chi connectivity index (χ2n) is 7.21. The fourth-order valence-corrected chi connectivity index (χ4v) is 3.13. The highest BCUT2D eigenvalue weighted by atomic mass is 32.1. The van der Waals surface area contributed by atoms with Crippen LogP contribution < -0.4 is 15.8 Å². The average molecular weight is 361 g/mol. The van der Waals surface area contributed by atoms with Crippen LogP contribution in [0.2, 0.25) is 0 Å². The van der Waals surface area contributed by atoms with Gasteiger partial charge in [-0.1, -0.05) is 20.8 Å². The minimum Gasteiger partial charge on any atom is -0.491 e. The summed E-state index contributed by atoms with van der Waals surface area (Å²) in [5, 5.41) is 6.31. The molecule has 1 aromatic heterocycles. The Labute approximate surface area is 154 Å². The van der Waals surface area contributed by atoms with Gasteiger partial charge in [0, 0.05) is 29.4 Å². The first-order valence-corrected chi connectivity index (χ1v) is 9.40. The first kappa shape index (κ1) is 19.2. The van der Waals surface area contributed by atoms with Crippen molar-refractivity contribution in [2.75, 3.05) is 11.9 Å². The minimum absolute atomic E-state index is 0.0873. The highest BCUT2D eigenvalue weighted by Gasteiger charge is 2.17. The van der Waals surface area contributed by atoms with Gasteiger partial charge in [0.05, 0.1) is 16.8 Å². The van der Waals surface area contributed by atoms with Gasteiger partial charge in [-0.05, 0) is 38.1 Å².